The molecule has 122 valence electrons. The van der Waals surface area contributed by atoms with Crippen LogP contribution in [0.4, 0.5) is 10.6 Å². The molecule has 7 nitrogen and oxygen atoms in total. The summed E-state index contributed by atoms with van der Waals surface area (Å²) in [5.41, 5.74) is 1.20. The molecule has 0 aromatic carbocycles. The molecule has 0 bridgehead atoms. The van der Waals surface area contributed by atoms with Gasteiger partial charge in [0.1, 0.15) is 6.26 Å². The summed E-state index contributed by atoms with van der Waals surface area (Å²) in [5, 5.41) is 6.43. The van der Waals surface area contributed by atoms with Crippen LogP contribution in [0.2, 0.25) is 0 Å². The van der Waals surface area contributed by atoms with Crippen molar-refractivity contribution in [2.75, 3.05) is 32.0 Å². The first-order valence-corrected chi connectivity index (χ1v) is 7.74. The first-order valence-electron chi connectivity index (χ1n) is 7.74. The van der Waals surface area contributed by atoms with Crippen LogP contribution in [-0.2, 0) is 6.54 Å². The fourth-order valence-electron chi connectivity index (χ4n) is 2.94. The van der Waals surface area contributed by atoms with Gasteiger partial charge >= 0.3 is 6.03 Å². The number of carbonyl (C=O) groups is 1. The van der Waals surface area contributed by atoms with Crippen molar-refractivity contribution < 1.29 is 9.32 Å². The lowest BCUT2D eigenvalue weighted by atomic mass is 10.1. The van der Waals surface area contributed by atoms with Crippen LogP contribution < -0.4 is 5.32 Å². The maximum Gasteiger partial charge on any atom is 0.323 e. The van der Waals surface area contributed by atoms with Gasteiger partial charge in [0.2, 0.25) is 0 Å². The SMILES string of the molecule is CN(Cc1cccnc1)C[C@@H]1CCN(C(=O)Nc2ccon2)C1. The van der Waals surface area contributed by atoms with E-state index in [2.05, 4.69) is 33.5 Å². The molecule has 0 aliphatic carbocycles. The van der Waals surface area contributed by atoms with Crippen LogP contribution in [0, 0.1) is 5.92 Å². The van der Waals surface area contributed by atoms with E-state index in [0.29, 0.717) is 11.7 Å². The highest BCUT2D eigenvalue weighted by Crippen LogP contribution is 2.19. The molecule has 1 fully saturated rings. The predicted molar refractivity (Wildman–Crippen MR) is 85.8 cm³/mol. The maximum absolute atomic E-state index is 12.1. The third kappa shape index (κ3) is 4.29. The monoisotopic (exact) mass is 315 g/mol. The molecule has 1 saturated heterocycles. The lowest BCUT2D eigenvalue weighted by molar-refractivity contribution is 0.216. The third-order valence-corrected chi connectivity index (χ3v) is 3.99. The van der Waals surface area contributed by atoms with Gasteiger partial charge in [-0.3, -0.25) is 10.3 Å². The van der Waals surface area contributed by atoms with Crippen molar-refractivity contribution in [3.05, 3.63) is 42.4 Å². The highest BCUT2D eigenvalue weighted by atomic mass is 16.5. The van der Waals surface area contributed by atoms with E-state index in [1.54, 1.807) is 12.3 Å². The largest absolute Gasteiger partial charge is 0.363 e. The number of nitrogens with zero attached hydrogens (tertiary/aromatic N) is 4. The minimum atomic E-state index is -0.115. The number of aromatic nitrogens is 2. The summed E-state index contributed by atoms with van der Waals surface area (Å²) in [4.78, 5) is 20.4. The number of urea groups is 1. The summed E-state index contributed by atoms with van der Waals surface area (Å²) in [6, 6.07) is 5.55. The van der Waals surface area contributed by atoms with Crippen LogP contribution in [0.1, 0.15) is 12.0 Å². The third-order valence-electron chi connectivity index (χ3n) is 3.99. The Morgan fingerprint density at radius 2 is 2.43 bits per heavy atom. The molecule has 1 atom stereocenters. The Bertz CT molecular complexity index is 617. The maximum atomic E-state index is 12.1. The summed E-state index contributed by atoms with van der Waals surface area (Å²) in [6.07, 6.45) is 6.13. The zero-order valence-electron chi connectivity index (χ0n) is 13.2. The van der Waals surface area contributed by atoms with E-state index in [1.165, 1.54) is 11.8 Å². The Morgan fingerprint density at radius 1 is 1.52 bits per heavy atom. The molecule has 0 saturated carbocycles. The van der Waals surface area contributed by atoms with E-state index in [0.717, 1.165) is 32.6 Å². The second-order valence-corrected chi connectivity index (χ2v) is 5.97. The molecule has 3 heterocycles. The molecule has 3 rings (SSSR count). The van der Waals surface area contributed by atoms with E-state index in [4.69, 9.17) is 4.52 Å². The molecule has 23 heavy (non-hydrogen) atoms. The number of anilines is 1. The Labute approximate surface area is 135 Å². The number of hydrogen-bond acceptors (Lipinski definition) is 5. The number of likely N-dealkylation sites (tertiary alicyclic amines) is 1. The number of amides is 2. The minimum Gasteiger partial charge on any atom is -0.363 e. The number of carbonyl (C=O) groups excluding carboxylic acids is 1. The summed E-state index contributed by atoms with van der Waals surface area (Å²) in [7, 11) is 2.10. The van der Waals surface area contributed by atoms with Crippen molar-refractivity contribution in [2.45, 2.75) is 13.0 Å². The quantitative estimate of drug-likeness (QED) is 0.914. The van der Waals surface area contributed by atoms with Gasteiger partial charge in [-0.1, -0.05) is 11.2 Å². The topological polar surface area (TPSA) is 74.5 Å². The van der Waals surface area contributed by atoms with E-state index >= 15 is 0 Å². The van der Waals surface area contributed by atoms with Crippen LogP contribution >= 0.6 is 0 Å². The van der Waals surface area contributed by atoms with E-state index in [-0.39, 0.29) is 6.03 Å². The zero-order chi connectivity index (χ0) is 16.1. The average molecular weight is 315 g/mol. The minimum absolute atomic E-state index is 0.115. The fraction of sp³-hybridized carbons (Fsp3) is 0.438. The highest BCUT2D eigenvalue weighted by Gasteiger charge is 2.27. The number of rotatable bonds is 5. The molecule has 7 heteroatoms. The summed E-state index contributed by atoms with van der Waals surface area (Å²) >= 11 is 0. The number of nitrogens with one attached hydrogen (secondary N) is 1. The van der Waals surface area contributed by atoms with E-state index < -0.39 is 0 Å². The molecular weight excluding hydrogens is 294 g/mol. The van der Waals surface area contributed by atoms with Gasteiger partial charge in [0.05, 0.1) is 0 Å². The Morgan fingerprint density at radius 3 is 3.17 bits per heavy atom. The second-order valence-electron chi connectivity index (χ2n) is 5.97. The first-order chi connectivity index (χ1) is 11.2. The smallest absolute Gasteiger partial charge is 0.323 e. The Kier molecular flexibility index (Phi) is 4.87. The van der Waals surface area contributed by atoms with Crippen molar-refractivity contribution >= 4 is 11.8 Å². The van der Waals surface area contributed by atoms with Gasteiger partial charge in [-0.15, -0.1) is 0 Å². The normalized spacial score (nSPS) is 17.7. The summed E-state index contributed by atoms with van der Waals surface area (Å²) < 4.78 is 4.71. The van der Waals surface area contributed by atoms with Crippen molar-refractivity contribution in [3.8, 4) is 0 Å². The van der Waals surface area contributed by atoms with Gasteiger partial charge in [0.15, 0.2) is 5.82 Å². The van der Waals surface area contributed by atoms with E-state index in [1.807, 2.05) is 17.2 Å². The molecule has 2 aromatic rings. The van der Waals surface area contributed by atoms with Crippen LogP contribution in [0.25, 0.3) is 0 Å². The first kappa shape index (κ1) is 15.5. The zero-order valence-corrected chi connectivity index (χ0v) is 13.2. The standard InChI is InChI=1S/C16H21N5O2/c1-20(10-13-3-2-6-17-9-13)11-14-4-7-21(12-14)16(22)18-15-5-8-23-19-15/h2-3,5-6,8-9,14H,4,7,10-12H2,1H3,(H,18,19,22)/t14-/m0/s1. The van der Waals surface area contributed by atoms with Crippen LogP contribution in [0.15, 0.2) is 41.4 Å². The van der Waals surface area contributed by atoms with Crippen molar-refractivity contribution in [1.82, 2.24) is 19.9 Å². The molecule has 2 amide bonds. The Balaban J connectivity index is 1.45. The van der Waals surface area contributed by atoms with Gasteiger partial charge in [0.25, 0.3) is 0 Å². The number of pyridine rings is 1. The molecule has 1 N–H and O–H groups in total. The molecule has 0 unspecified atom stereocenters. The van der Waals surface area contributed by atoms with Crippen LogP contribution in [0.5, 0.6) is 0 Å². The predicted octanol–water partition coefficient (Wildman–Crippen LogP) is 2.06. The molecule has 1 aliphatic heterocycles. The van der Waals surface area contributed by atoms with Gasteiger partial charge in [-0.05, 0) is 31.0 Å². The molecular formula is C16H21N5O2. The van der Waals surface area contributed by atoms with Crippen LogP contribution in [0.3, 0.4) is 0 Å². The van der Waals surface area contributed by atoms with Crippen molar-refractivity contribution in [2.24, 2.45) is 5.92 Å². The molecule has 2 aromatic heterocycles. The highest BCUT2D eigenvalue weighted by molar-refractivity contribution is 5.88. The number of hydrogen-bond donors (Lipinski definition) is 1. The van der Waals surface area contributed by atoms with Crippen molar-refractivity contribution in [3.63, 3.8) is 0 Å². The van der Waals surface area contributed by atoms with Gasteiger partial charge in [0, 0.05) is 44.6 Å². The van der Waals surface area contributed by atoms with Gasteiger partial charge in [-0.2, -0.15) is 0 Å². The molecule has 1 aliphatic rings. The molecule has 0 radical (unpaired) electrons. The van der Waals surface area contributed by atoms with Crippen molar-refractivity contribution in [1.29, 1.82) is 0 Å². The van der Waals surface area contributed by atoms with Gasteiger partial charge < -0.3 is 14.3 Å². The summed E-state index contributed by atoms with van der Waals surface area (Å²) in [6.45, 7) is 3.37. The fourth-order valence-corrected chi connectivity index (χ4v) is 2.94. The average Bonchev–Trinajstić information content (AvgIpc) is 3.20. The van der Waals surface area contributed by atoms with E-state index in [9.17, 15) is 4.79 Å². The van der Waals surface area contributed by atoms with Gasteiger partial charge in [-0.25, -0.2) is 4.79 Å². The lowest BCUT2D eigenvalue weighted by Gasteiger charge is -2.21. The lowest BCUT2D eigenvalue weighted by Crippen LogP contribution is -2.34. The second kappa shape index (κ2) is 7.23. The Hall–Kier alpha value is -2.41. The molecule has 0 spiro atoms. The van der Waals surface area contributed by atoms with Crippen LogP contribution in [-0.4, -0.2) is 52.7 Å². The summed E-state index contributed by atoms with van der Waals surface area (Å²) in [5.74, 6) is 0.937.